The van der Waals surface area contributed by atoms with E-state index in [2.05, 4.69) is 15.9 Å². The molecule has 0 aliphatic carbocycles. The number of hydrogen-bond acceptors (Lipinski definition) is 0. The average Bonchev–Trinajstić information content (AvgIpc) is 2.85. The largest absolute Gasteiger partial charge is 0.673 e. The van der Waals surface area contributed by atoms with Crippen molar-refractivity contribution in [3.05, 3.63) is 59.1 Å². The van der Waals surface area contributed by atoms with Crippen LogP contribution < -0.4 is 0 Å². The molecule has 3 rings (SSSR count). The summed E-state index contributed by atoms with van der Waals surface area (Å²) in [6, 6.07) is 15.3. The summed E-state index contributed by atoms with van der Waals surface area (Å²) in [5, 5.41) is 0.658. The van der Waals surface area contributed by atoms with Gasteiger partial charge < -0.3 is 17.3 Å². The molecular formula is C15H9BBrF7S. The molecule has 1 aromatic heterocycles. The third-order valence-corrected chi connectivity index (χ3v) is 5.60. The molecule has 25 heavy (non-hydrogen) atoms. The molecule has 0 fully saturated rings. The van der Waals surface area contributed by atoms with Crippen LogP contribution in [0.3, 0.4) is 0 Å². The normalized spacial score (nSPS) is 12.7. The van der Waals surface area contributed by atoms with Crippen LogP contribution in [0.4, 0.5) is 30.4 Å². The summed E-state index contributed by atoms with van der Waals surface area (Å²) in [5.41, 5.74) is -3.64. The fourth-order valence-electron chi connectivity index (χ4n) is 2.17. The van der Waals surface area contributed by atoms with Gasteiger partial charge in [0.2, 0.25) is 0 Å². The predicted molar refractivity (Wildman–Crippen MR) is 91.0 cm³/mol. The molecular weight excluding hydrogens is 436 g/mol. The van der Waals surface area contributed by atoms with Gasteiger partial charge in [0, 0.05) is 21.5 Å². The number of alkyl halides is 3. The van der Waals surface area contributed by atoms with E-state index in [-0.39, 0.29) is 0 Å². The number of fused-ring (bicyclic) bond motifs is 1. The Morgan fingerprint density at radius 3 is 1.88 bits per heavy atom. The van der Waals surface area contributed by atoms with Gasteiger partial charge in [-0.15, -0.1) is 13.2 Å². The van der Waals surface area contributed by atoms with Crippen molar-refractivity contribution < 1.29 is 30.4 Å². The summed E-state index contributed by atoms with van der Waals surface area (Å²) >= 11 is 3.30. The van der Waals surface area contributed by atoms with Gasteiger partial charge in [0.25, 0.3) is 0 Å². The Bertz CT molecular complexity index is 847. The maximum atomic E-state index is 13.4. The lowest BCUT2D eigenvalue weighted by Gasteiger charge is -2.00. The van der Waals surface area contributed by atoms with Gasteiger partial charge in [0.05, 0.1) is 0 Å². The van der Waals surface area contributed by atoms with Crippen LogP contribution in [0.15, 0.2) is 59.1 Å². The topological polar surface area (TPSA) is 0 Å². The van der Waals surface area contributed by atoms with Crippen molar-refractivity contribution in [2.45, 2.75) is 5.51 Å². The molecule has 0 N–H and O–H groups in total. The minimum absolute atomic E-state index is 0.339. The molecule has 0 aliphatic rings. The average molecular weight is 445 g/mol. The molecule has 0 saturated heterocycles. The fourth-order valence-corrected chi connectivity index (χ4v) is 4.36. The Kier molecular flexibility index (Phi) is 5.83. The second-order valence-electron chi connectivity index (χ2n) is 4.80. The summed E-state index contributed by atoms with van der Waals surface area (Å²) < 4.78 is 80.5. The zero-order chi connectivity index (χ0) is 18.8. The van der Waals surface area contributed by atoms with E-state index < -0.39 is 23.2 Å². The number of benzene rings is 2. The second-order valence-corrected chi connectivity index (χ2v) is 7.67. The van der Waals surface area contributed by atoms with Gasteiger partial charge >= 0.3 is 12.8 Å². The van der Waals surface area contributed by atoms with Gasteiger partial charge in [-0.05, 0) is 36.4 Å². The van der Waals surface area contributed by atoms with Crippen molar-refractivity contribution in [3.8, 4) is 10.4 Å². The van der Waals surface area contributed by atoms with E-state index in [9.17, 15) is 30.4 Å². The van der Waals surface area contributed by atoms with Crippen molar-refractivity contribution in [1.82, 2.24) is 0 Å². The molecule has 10 heteroatoms. The first-order valence-corrected chi connectivity index (χ1v) is 8.73. The summed E-state index contributed by atoms with van der Waals surface area (Å²) in [4.78, 5) is 0.339. The van der Waals surface area contributed by atoms with E-state index in [1.807, 2.05) is 0 Å². The molecule has 0 radical (unpaired) electrons. The lowest BCUT2D eigenvalue weighted by Crippen LogP contribution is -2.02. The molecule has 2 aromatic carbocycles. The highest BCUT2D eigenvalue weighted by Crippen LogP contribution is 2.54. The fraction of sp³-hybridized carbons (Fsp3) is 0.0667. The van der Waals surface area contributed by atoms with Gasteiger partial charge in [-0.3, -0.25) is 0 Å². The predicted octanol–water partition coefficient (Wildman–Crippen LogP) is 7.79. The van der Waals surface area contributed by atoms with E-state index in [0.29, 0.717) is 20.5 Å². The molecule has 3 aromatic rings. The van der Waals surface area contributed by atoms with E-state index in [4.69, 9.17) is 0 Å². The van der Waals surface area contributed by atoms with Crippen LogP contribution in [0.25, 0.3) is 20.5 Å². The first kappa shape index (κ1) is 19.8. The molecule has 1 atom stereocenters. The smallest absolute Gasteiger partial charge is 0.418 e. The van der Waals surface area contributed by atoms with Gasteiger partial charge in [-0.25, -0.2) is 0 Å². The highest BCUT2D eigenvalue weighted by atomic mass is 79.9. The van der Waals surface area contributed by atoms with Crippen LogP contribution in [0, 0.1) is 0 Å². The molecule has 1 heterocycles. The second kappa shape index (κ2) is 7.37. The van der Waals surface area contributed by atoms with Crippen molar-refractivity contribution in [2.24, 2.45) is 0 Å². The molecule has 0 bridgehead atoms. The Balaban J connectivity index is 0.000000399. The summed E-state index contributed by atoms with van der Waals surface area (Å²) in [7, 11) is -7.87. The third kappa shape index (κ3) is 5.47. The number of rotatable bonds is 1. The van der Waals surface area contributed by atoms with Crippen molar-refractivity contribution >= 4 is 43.7 Å². The Morgan fingerprint density at radius 1 is 0.840 bits per heavy atom. The van der Waals surface area contributed by atoms with E-state index in [1.165, 1.54) is 0 Å². The molecule has 0 saturated carbocycles. The van der Waals surface area contributed by atoms with Crippen molar-refractivity contribution in [3.63, 3.8) is 0 Å². The third-order valence-electron chi connectivity index (χ3n) is 3.01. The first-order valence-electron chi connectivity index (χ1n) is 6.72. The van der Waals surface area contributed by atoms with Crippen molar-refractivity contribution in [1.29, 1.82) is 0 Å². The number of thiophene rings is 1. The van der Waals surface area contributed by atoms with E-state index >= 15 is 0 Å². The SMILES string of the molecule is FC(F)(F)[s+]1c(-c2ccc(Br)cc2)cc2ccccc21.F[B-](F)(F)F. The first-order chi connectivity index (χ1) is 11.5. The molecule has 0 aliphatic heterocycles. The minimum Gasteiger partial charge on any atom is -0.418 e. The zero-order valence-corrected chi connectivity index (χ0v) is 14.6. The van der Waals surface area contributed by atoms with Gasteiger partial charge in [0.1, 0.15) is 10.5 Å². The Morgan fingerprint density at radius 2 is 1.36 bits per heavy atom. The summed E-state index contributed by atoms with van der Waals surface area (Å²) in [5.74, 6) is 0. The molecule has 0 nitrogen and oxygen atoms in total. The van der Waals surface area contributed by atoms with Crippen LogP contribution in [-0.2, 0) is 5.51 Å². The van der Waals surface area contributed by atoms with Crippen LogP contribution in [0.5, 0.6) is 0 Å². The zero-order valence-electron chi connectivity index (χ0n) is 12.2. The van der Waals surface area contributed by atoms with Gasteiger partial charge in [0.15, 0.2) is 9.58 Å². The minimum atomic E-state index is -6.00. The standard InChI is InChI=1S/C15H9BrF3S.BF4/c16-12-7-5-10(6-8-12)14-9-11-3-1-2-4-13(11)20(14)15(17,18)19;2-1(3,4)5/h1-9H;/q+1;-1. The maximum absolute atomic E-state index is 13.4. The summed E-state index contributed by atoms with van der Waals surface area (Å²) in [6.45, 7) is 0. The Hall–Kier alpha value is -1.55. The molecule has 134 valence electrons. The van der Waals surface area contributed by atoms with Crippen LogP contribution in [0.1, 0.15) is 0 Å². The van der Waals surface area contributed by atoms with E-state index in [1.54, 1.807) is 54.6 Å². The van der Waals surface area contributed by atoms with Gasteiger partial charge in [-0.1, -0.05) is 28.1 Å². The molecule has 0 spiro atoms. The Labute approximate surface area is 149 Å². The molecule has 1 unspecified atom stereocenters. The van der Waals surface area contributed by atoms with Gasteiger partial charge in [-0.2, -0.15) is 0 Å². The highest BCUT2D eigenvalue weighted by molar-refractivity contribution is 9.10. The van der Waals surface area contributed by atoms with E-state index in [0.717, 1.165) is 4.47 Å². The highest BCUT2D eigenvalue weighted by Gasteiger charge is 2.48. The van der Waals surface area contributed by atoms with Crippen molar-refractivity contribution in [2.75, 3.05) is 0 Å². The lowest BCUT2D eigenvalue weighted by molar-refractivity contribution is -0.0864. The van der Waals surface area contributed by atoms with Crippen LogP contribution >= 0.6 is 26.4 Å². The maximum Gasteiger partial charge on any atom is 0.673 e. The summed E-state index contributed by atoms with van der Waals surface area (Å²) in [6.07, 6.45) is 0. The van der Waals surface area contributed by atoms with Crippen LogP contribution in [-0.4, -0.2) is 7.25 Å². The number of hydrogen-bond donors (Lipinski definition) is 0. The lowest BCUT2D eigenvalue weighted by atomic mass is 10.1. The quantitative estimate of drug-likeness (QED) is 0.204. The monoisotopic (exact) mass is 444 g/mol. The number of halogens is 8. The molecule has 0 amide bonds. The van der Waals surface area contributed by atoms with Crippen LogP contribution in [0.2, 0.25) is 0 Å².